The third-order valence-corrected chi connectivity index (χ3v) is 4.05. The van der Waals surface area contributed by atoms with Gasteiger partial charge in [0.15, 0.2) is 0 Å². The van der Waals surface area contributed by atoms with Gasteiger partial charge in [0.25, 0.3) is 0 Å². The van der Waals surface area contributed by atoms with E-state index in [1.165, 1.54) is 31.2 Å². The summed E-state index contributed by atoms with van der Waals surface area (Å²) in [6, 6.07) is 9.52. The molecular formula is C15H21NO2. The van der Waals surface area contributed by atoms with Gasteiger partial charge < -0.3 is 14.8 Å². The normalized spacial score (nSPS) is 30.4. The number of piperidine rings is 1. The Morgan fingerprint density at radius 1 is 1.22 bits per heavy atom. The van der Waals surface area contributed by atoms with Crippen molar-refractivity contribution in [3.05, 3.63) is 29.8 Å². The number of benzene rings is 1. The number of nitrogens with one attached hydrogen (secondary N) is 1. The number of ether oxygens (including phenoxy) is 2. The van der Waals surface area contributed by atoms with E-state index >= 15 is 0 Å². The lowest BCUT2D eigenvalue weighted by Crippen LogP contribution is -2.41. The van der Waals surface area contributed by atoms with Gasteiger partial charge in [0.1, 0.15) is 5.75 Å². The largest absolute Gasteiger partial charge is 0.497 e. The molecule has 2 heterocycles. The molecule has 1 aromatic carbocycles. The van der Waals surface area contributed by atoms with Crippen molar-refractivity contribution in [2.75, 3.05) is 7.11 Å². The highest BCUT2D eigenvalue weighted by Crippen LogP contribution is 2.29. The van der Waals surface area contributed by atoms with Crippen LogP contribution in [0.4, 0.5) is 0 Å². The Labute approximate surface area is 108 Å². The van der Waals surface area contributed by atoms with E-state index in [1.807, 2.05) is 12.1 Å². The van der Waals surface area contributed by atoms with E-state index in [9.17, 15) is 0 Å². The molecule has 2 fully saturated rings. The number of rotatable bonds is 4. The fourth-order valence-corrected chi connectivity index (χ4v) is 3.12. The number of methoxy groups -OCH3 is 1. The fourth-order valence-electron chi connectivity index (χ4n) is 3.12. The zero-order valence-corrected chi connectivity index (χ0v) is 10.9. The van der Waals surface area contributed by atoms with Crippen LogP contribution in [0.25, 0.3) is 0 Å². The van der Waals surface area contributed by atoms with Crippen molar-refractivity contribution >= 4 is 0 Å². The van der Waals surface area contributed by atoms with Gasteiger partial charge >= 0.3 is 0 Å². The molecule has 0 radical (unpaired) electrons. The van der Waals surface area contributed by atoms with Crippen molar-refractivity contribution in [3.63, 3.8) is 0 Å². The van der Waals surface area contributed by atoms with Crippen LogP contribution in [0.5, 0.6) is 5.75 Å². The summed E-state index contributed by atoms with van der Waals surface area (Å²) in [5.74, 6) is 0.904. The van der Waals surface area contributed by atoms with E-state index < -0.39 is 0 Å². The summed E-state index contributed by atoms with van der Waals surface area (Å²) >= 11 is 0. The Hall–Kier alpha value is -1.06. The topological polar surface area (TPSA) is 30.5 Å². The van der Waals surface area contributed by atoms with Crippen molar-refractivity contribution < 1.29 is 9.47 Å². The summed E-state index contributed by atoms with van der Waals surface area (Å²) in [4.78, 5) is 0. The second kappa shape index (κ2) is 5.29. The van der Waals surface area contributed by atoms with Gasteiger partial charge in [0, 0.05) is 12.1 Å². The number of hydrogen-bond acceptors (Lipinski definition) is 3. The van der Waals surface area contributed by atoms with Crippen molar-refractivity contribution in [2.45, 2.75) is 50.5 Å². The molecule has 1 aromatic rings. The Kier molecular flexibility index (Phi) is 3.52. The maximum atomic E-state index is 6.05. The highest BCUT2D eigenvalue weighted by Gasteiger charge is 2.33. The summed E-state index contributed by atoms with van der Waals surface area (Å²) in [6.45, 7) is 0.696. The van der Waals surface area contributed by atoms with E-state index in [-0.39, 0.29) is 0 Å². The molecule has 2 aliphatic heterocycles. The molecule has 2 atom stereocenters. The predicted octanol–water partition coefficient (Wildman–Crippen LogP) is 2.49. The molecule has 3 rings (SSSR count). The standard InChI is InChI=1S/C15H21NO2/c1-17-14-4-2-3-11(7-14)10-18-15-8-12-5-6-13(9-15)16-12/h2-4,7,12-13,15-16H,5-6,8-10H2,1H3. The summed E-state index contributed by atoms with van der Waals surface area (Å²) in [5.41, 5.74) is 1.19. The highest BCUT2D eigenvalue weighted by molar-refractivity contribution is 5.27. The van der Waals surface area contributed by atoms with Gasteiger partial charge in [-0.1, -0.05) is 12.1 Å². The first-order chi connectivity index (χ1) is 8.83. The first-order valence-corrected chi connectivity index (χ1v) is 6.84. The second-order valence-electron chi connectivity index (χ2n) is 5.39. The lowest BCUT2D eigenvalue weighted by Gasteiger charge is -2.29. The summed E-state index contributed by atoms with van der Waals surface area (Å²) in [5, 5.41) is 3.64. The first-order valence-electron chi connectivity index (χ1n) is 6.84. The molecule has 2 aliphatic rings. The lowest BCUT2D eigenvalue weighted by atomic mass is 10.0. The smallest absolute Gasteiger partial charge is 0.119 e. The Balaban J connectivity index is 1.54. The lowest BCUT2D eigenvalue weighted by molar-refractivity contribution is 0.00911. The van der Waals surface area contributed by atoms with Crippen LogP contribution in [0.15, 0.2) is 24.3 Å². The SMILES string of the molecule is COc1cccc(COC2CC3CCC(C2)N3)c1. The fraction of sp³-hybridized carbons (Fsp3) is 0.600. The summed E-state index contributed by atoms with van der Waals surface area (Å²) in [7, 11) is 1.70. The molecule has 18 heavy (non-hydrogen) atoms. The van der Waals surface area contributed by atoms with Crippen molar-refractivity contribution in [1.29, 1.82) is 0 Å². The van der Waals surface area contributed by atoms with Crippen molar-refractivity contribution in [1.82, 2.24) is 5.32 Å². The van der Waals surface area contributed by atoms with Gasteiger partial charge in [-0.2, -0.15) is 0 Å². The number of hydrogen-bond donors (Lipinski definition) is 1. The third kappa shape index (κ3) is 2.68. The minimum absolute atomic E-state index is 0.426. The van der Waals surface area contributed by atoms with Crippen LogP contribution in [0, 0.1) is 0 Å². The van der Waals surface area contributed by atoms with E-state index in [1.54, 1.807) is 7.11 Å². The van der Waals surface area contributed by atoms with Crippen LogP contribution in [-0.2, 0) is 11.3 Å². The van der Waals surface area contributed by atoms with Gasteiger partial charge in [-0.25, -0.2) is 0 Å². The van der Waals surface area contributed by atoms with Gasteiger partial charge in [-0.05, 0) is 43.4 Å². The van der Waals surface area contributed by atoms with Crippen molar-refractivity contribution in [2.24, 2.45) is 0 Å². The minimum Gasteiger partial charge on any atom is -0.497 e. The van der Waals surface area contributed by atoms with Crippen LogP contribution in [0.2, 0.25) is 0 Å². The van der Waals surface area contributed by atoms with Crippen LogP contribution < -0.4 is 10.1 Å². The van der Waals surface area contributed by atoms with Gasteiger partial charge in [0.05, 0.1) is 19.8 Å². The monoisotopic (exact) mass is 247 g/mol. The molecule has 3 nitrogen and oxygen atoms in total. The molecule has 0 saturated carbocycles. The average molecular weight is 247 g/mol. The minimum atomic E-state index is 0.426. The van der Waals surface area contributed by atoms with E-state index in [4.69, 9.17) is 9.47 Å². The quantitative estimate of drug-likeness (QED) is 0.886. The average Bonchev–Trinajstić information content (AvgIpc) is 2.76. The third-order valence-electron chi connectivity index (χ3n) is 4.05. The Bertz CT molecular complexity index is 395. The molecule has 0 aromatic heterocycles. The van der Waals surface area contributed by atoms with Gasteiger partial charge in [-0.3, -0.25) is 0 Å². The highest BCUT2D eigenvalue weighted by atomic mass is 16.5. The summed E-state index contributed by atoms with van der Waals surface area (Å²) < 4.78 is 11.3. The molecule has 2 unspecified atom stereocenters. The van der Waals surface area contributed by atoms with Crippen LogP contribution >= 0.6 is 0 Å². The van der Waals surface area contributed by atoms with Crippen LogP contribution in [0.3, 0.4) is 0 Å². The summed E-state index contributed by atoms with van der Waals surface area (Å²) in [6.07, 6.45) is 5.41. The number of fused-ring (bicyclic) bond motifs is 2. The molecule has 3 heteroatoms. The molecule has 98 valence electrons. The Morgan fingerprint density at radius 2 is 2.00 bits per heavy atom. The molecule has 2 bridgehead atoms. The predicted molar refractivity (Wildman–Crippen MR) is 70.8 cm³/mol. The zero-order chi connectivity index (χ0) is 12.4. The van der Waals surface area contributed by atoms with Gasteiger partial charge in [-0.15, -0.1) is 0 Å². The molecular weight excluding hydrogens is 226 g/mol. The first kappa shape index (κ1) is 12.0. The molecule has 2 saturated heterocycles. The Morgan fingerprint density at radius 3 is 2.72 bits per heavy atom. The maximum Gasteiger partial charge on any atom is 0.119 e. The maximum absolute atomic E-state index is 6.05. The van der Waals surface area contributed by atoms with E-state index in [0.717, 1.165) is 5.75 Å². The molecule has 0 amide bonds. The van der Waals surface area contributed by atoms with Crippen LogP contribution in [0.1, 0.15) is 31.2 Å². The molecule has 0 aliphatic carbocycles. The molecule has 1 N–H and O–H groups in total. The second-order valence-corrected chi connectivity index (χ2v) is 5.39. The van der Waals surface area contributed by atoms with Crippen molar-refractivity contribution in [3.8, 4) is 5.75 Å². The van der Waals surface area contributed by atoms with E-state index in [2.05, 4.69) is 17.4 Å². The van der Waals surface area contributed by atoms with Crippen LogP contribution in [-0.4, -0.2) is 25.3 Å². The van der Waals surface area contributed by atoms with Gasteiger partial charge in [0.2, 0.25) is 0 Å². The molecule has 0 spiro atoms. The zero-order valence-electron chi connectivity index (χ0n) is 10.9. The van der Waals surface area contributed by atoms with E-state index in [0.29, 0.717) is 24.8 Å².